The van der Waals surface area contributed by atoms with Crippen molar-refractivity contribution in [3.8, 4) is 0 Å². The summed E-state index contributed by atoms with van der Waals surface area (Å²) in [6.07, 6.45) is 7.78. The van der Waals surface area contributed by atoms with E-state index in [0.29, 0.717) is 6.04 Å². The highest BCUT2D eigenvalue weighted by Crippen LogP contribution is 2.27. The molecule has 0 amide bonds. The van der Waals surface area contributed by atoms with Crippen LogP contribution in [0.1, 0.15) is 42.6 Å². The lowest BCUT2D eigenvalue weighted by atomic mass is 9.94. The number of thioether (sulfide) groups is 1. The third-order valence-corrected chi connectivity index (χ3v) is 5.61. The van der Waals surface area contributed by atoms with Crippen molar-refractivity contribution in [2.24, 2.45) is 7.05 Å². The molecule has 0 aromatic carbocycles. The topological polar surface area (TPSA) is 17.0 Å². The van der Waals surface area contributed by atoms with Crippen LogP contribution in [0.25, 0.3) is 0 Å². The standard InChI is InChI=1S/C15H26N2S/c1-11-9-13(12(2)17(11)3)10-16-14-7-5-6-8-15(14)18-4/h9,14-16H,5-8,10H2,1-4H3. The lowest BCUT2D eigenvalue weighted by Crippen LogP contribution is -2.40. The molecule has 2 nitrogen and oxygen atoms in total. The maximum atomic E-state index is 3.79. The molecule has 0 aliphatic heterocycles. The minimum atomic E-state index is 0.702. The summed E-state index contributed by atoms with van der Waals surface area (Å²) in [5.41, 5.74) is 4.21. The van der Waals surface area contributed by atoms with E-state index in [1.54, 1.807) is 0 Å². The minimum Gasteiger partial charge on any atom is -0.352 e. The van der Waals surface area contributed by atoms with E-state index in [9.17, 15) is 0 Å². The summed E-state index contributed by atoms with van der Waals surface area (Å²) in [6, 6.07) is 3.02. The van der Waals surface area contributed by atoms with Gasteiger partial charge in [-0.1, -0.05) is 12.8 Å². The van der Waals surface area contributed by atoms with Crippen LogP contribution in [0.5, 0.6) is 0 Å². The molecule has 0 spiro atoms. The largest absolute Gasteiger partial charge is 0.352 e. The van der Waals surface area contributed by atoms with E-state index < -0.39 is 0 Å². The molecule has 2 rings (SSSR count). The van der Waals surface area contributed by atoms with Gasteiger partial charge >= 0.3 is 0 Å². The highest BCUT2D eigenvalue weighted by atomic mass is 32.2. The number of rotatable bonds is 4. The van der Waals surface area contributed by atoms with Crippen molar-refractivity contribution in [3.63, 3.8) is 0 Å². The summed E-state index contributed by atoms with van der Waals surface area (Å²) < 4.78 is 2.28. The van der Waals surface area contributed by atoms with Crippen LogP contribution < -0.4 is 5.32 Å². The number of hydrogen-bond donors (Lipinski definition) is 1. The zero-order chi connectivity index (χ0) is 13.1. The molecule has 1 aliphatic rings. The molecule has 2 unspecified atom stereocenters. The lowest BCUT2D eigenvalue weighted by molar-refractivity contribution is 0.383. The first-order chi connectivity index (χ1) is 8.63. The number of aryl methyl sites for hydroxylation is 1. The number of hydrogen-bond acceptors (Lipinski definition) is 2. The maximum absolute atomic E-state index is 3.79. The first kappa shape index (κ1) is 14.0. The number of nitrogens with one attached hydrogen (secondary N) is 1. The summed E-state index contributed by atoms with van der Waals surface area (Å²) in [5, 5.41) is 4.60. The van der Waals surface area contributed by atoms with E-state index in [4.69, 9.17) is 0 Å². The van der Waals surface area contributed by atoms with Gasteiger partial charge in [-0.05, 0) is 44.6 Å². The minimum absolute atomic E-state index is 0.702. The van der Waals surface area contributed by atoms with Crippen LogP contribution in [0.3, 0.4) is 0 Å². The van der Waals surface area contributed by atoms with E-state index in [1.807, 2.05) is 11.8 Å². The summed E-state index contributed by atoms with van der Waals surface area (Å²) >= 11 is 2.03. The Kier molecular flexibility index (Phi) is 4.79. The monoisotopic (exact) mass is 266 g/mol. The van der Waals surface area contributed by atoms with Crippen molar-refractivity contribution in [2.75, 3.05) is 6.26 Å². The van der Waals surface area contributed by atoms with Crippen LogP contribution in [0, 0.1) is 13.8 Å². The molecule has 1 fully saturated rings. The molecule has 2 atom stereocenters. The molecule has 3 heteroatoms. The molecule has 0 saturated heterocycles. The molecule has 18 heavy (non-hydrogen) atoms. The van der Waals surface area contributed by atoms with Gasteiger partial charge < -0.3 is 9.88 Å². The van der Waals surface area contributed by atoms with E-state index in [0.717, 1.165) is 11.8 Å². The van der Waals surface area contributed by atoms with Crippen LogP contribution >= 0.6 is 11.8 Å². The predicted molar refractivity (Wildman–Crippen MR) is 81.3 cm³/mol. The van der Waals surface area contributed by atoms with Crippen LogP contribution in [0.15, 0.2) is 6.07 Å². The van der Waals surface area contributed by atoms with Gasteiger partial charge in [0.25, 0.3) is 0 Å². The van der Waals surface area contributed by atoms with Crippen molar-refractivity contribution in [2.45, 2.75) is 57.4 Å². The fraction of sp³-hybridized carbons (Fsp3) is 0.733. The van der Waals surface area contributed by atoms with Gasteiger partial charge in [-0.2, -0.15) is 11.8 Å². The SMILES string of the molecule is CSC1CCCCC1NCc1cc(C)n(C)c1C. The highest BCUT2D eigenvalue weighted by molar-refractivity contribution is 7.99. The van der Waals surface area contributed by atoms with Gasteiger partial charge in [0.2, 0.25) is 0 Å². The van der Waals surface area contributed by atoms with E-state index in [2.05, 4.69) is 43.1 Å². The molecule has 0 radical (unpaired) electrons. The fourth-order valence-corrected chi connectivity index (χ4v) is 3.93. The highest BCUT2D eigenvalue weighted by Gasteiger charge is 2.23. The van der Waals surface area contributed by atoms with Gasteiger partial charge in [0.15, 0.2) is 0 Å². The summed E-state index contributed by atoms with van der Waals surface area (Å²) in [6.45, 7) is 5.42. The second kappa shape index (κ2) is 6.16. The second-order valence-corrected chi connectivity index (χ2v) is 6.58. The van der Waals surface area contributed by atoms with Gasteiger partial charge in [0.1, 0.15) is 0 Å². The predicted octanol–water partition coefficient (Wildman–Crippen LogP) is 3.41. The van der Waals surface area contributed by atoms with E-state index in [1.165, 1.54) is 42.6 Å². The Labute approximate surface area is 116 Å². The number of aromatic nitrogens is 1. The Bertz CT molecular complexity index is 397. The zero-order valence-corrected chi connectivity index (χ0v) is 12.9. The van der Waals surface area contributed by atoms with Crippen LogP contribution in [0.2, 0.25) is 0 Å². The summed E-state index contributed by atoms with van der Waals surface area (Å²) in [4.78, 5) is 0. The van der Waals surface area contributed by atoms with Gasteiger partial charge in [-0.15, -0.1) is 0 Å². The fourth-order valence-electron chi connectivity index (χ4n) is 2.97. The molecule has 1 saturated carbocycles. The summed E-state index contributed by atoms with van der Waals surface area (Å²) in [7, 11) is 2.15. The van der Waals surface area contributed by atoms with Gasteiger partial charge in [-0.3, -0.25) is 0 Å². The molecule has 1 N–H and O–H groups in total. The smallest absolute Gasteiger partial charge is 0.0226 e. The van der Waals surface area contributed by atoms with Crippen molar-refractivity contribution in [3.05, 3.63) is 23.0 Å². The van der Waals surface area contributed by atoms with Gasteiger partial charge in [-0.25, -0.2) is 0 Å². The average Bonchev–Trinajstić information content (AvgIpc) is 2.64. The molecular formula is C15H26N2S. The lowest BCUT2D eigenvalue weighted by Gasteiger charge is -2.31. The Morgan fingerprint density at radius 2 is 2.06 bits per heavy atom. The molecule has 1 heterocycles. The Hall–Kier alpha value is -0.410. The number of nitrogens with zero attached hydrogens (tertiary/aromatic N) is 1. The van der Waals surface area contributed by atoms with Crippen LogP contribution in [-0.4, -0.2) is 22.1 Å². The molecule has 1 aromatic heterocycles. The molecule has 0 bridgehead atoms. The van der Waals surface area contributed by atoms with Gasteiger partial charge in [0.05, 0.1) is 0 Å². The Morgan fingerprint density at radius 1 is 1.33 bits per heavy atom. The van der Waals surface area contributed by atoms with E-state index >= 15 is 0 Å². The van der Waals surface area contributed by atoms with Gasteiger partial charge in [0, 0.05) is 36.3 Å². The summed E-state index contributed by atoms with van der Waals surface area (Å²) in [5.74, 6) is 0. The third-order valence-electron chi connectivity index (χ3n) is 4.44. The Balaban J connectivity index is 1.95. The second-order valence-electron chi connectivity index (χ2n) is 5.50. The Morgan fingerprint density at radius 3 is 2.67 bits per heavy atom. The van der Waals surface area contributed by atoms with Crippen molar-refractivity contribution in [1.82, 2.24) is 9.88 Å². The van der Waals surface area contributed by atoms with Crippen LogP contribution in [-0.2, 0) is 13.6 Å². The first-order valence-electron chi connectivity index (χ1n) is 7.01. The molecule has 1 aliphatic carbocycles. The normalized spacial score (nSPS) is 24.4. The zero-order valence-electron chi connectivity index (χ0n) is 12.1. The van der Waals surface area contributed by atoms with Crippen molar-refractivity contribution in [1.29, 1.82) is 0 Å². The molecule has 102 valence electrons. The first-order valence-corrected chi connectivity index (χ1v) is 8.30. The quantitative estimate of drug-likeness (QED) is 0.899. The van der Waals surface area contributed by atoms with Crippen LogP contribution in [0.4, 0.5) is 0 Å². The third kappa shape index (κ3) is 2.94. The molecular weight excluding hydrogens is 240 g/mol. The van der Waals surface area contributed by atoms with Crippen molar-refractivity contribution < 1.29 is 0 Å². The van der Waals surface area contributed by atoms with E-state index in [-0.39, 0.29) is 0 Å². The molecule has 1 aromatic rings. The average molecular weight is 266 g/mol. The van der Waals surface area contributed by atoms with Crippen molar-refractivity contribution >= 4 is 11.8 Å². The maximum Gasteiger partial charge on any atom is 0.0226 e.